The zero-order valence-electron chi connectivity index (χ0n) is 13.3. The van der Waals surface area contributed by atoms with Gasteiger partial charge in [0.2, 0.25) is 0 Å². The number of H-pyrrole nitrogens is 1. The summed E-state index contributed by atoms with van der Waals surface area (Å²) in [6, 6.07) is 0. The van der Waals surface area contributed by atoms with E-state index in [0.717, 1.165) is 4.57 Å². The lowest BCUT2D eigenvalue weighted by Crippen LogP contribution is -2.42. The number of aromatic amines is 1. The van der Waals surface area contributed by atoms with Gasteiger partial charge in [-0.25, -0.2) is 4.79 Å². The predicted octanol–water partition coefficient (Wildman–Crippen LogP) is -1.78. The fourth-order valence-corrected chi connectivity index (χ4v) is 2.76. The average molecular weight is 357 g/mol. The van der Waals surface area contributed by atoms with Gasteiger partial charge in [0.25, 0.3) is 5.56 Å². The lowest BCUT2D eigenvalue weighted by molar-refractivity contribution is -0.140. The van der Waals surface area contributed by atoms with Crippen LogP contribution < -0.4 is 16.6 Å². The van der Waals surface area contributed by atoms with Crippen LogP contribution in [0.3, 0.4) is 0 Å². The van der Waals surface area contributed by atoms with Crippen molar-refractivity contribution in [2.45, 2.75) is 38.3 Å². The summed E-state index contributed by atoms with van der Waals surface area (Å²) in [4.78, 5) is 47.2. The van der Waals surface area contributed by atoms with E-state index in [1.54, 1.807) is 0 Å². The number of aromatic nitrogens is 2. The highest BCUT2D eigenvalue weighted by Gasteiger charge is 2.41. The summed E-state index contributed by atoms with van der Waals surface area (Å²) in [7, 11) is 0. The Balaban J connectivity index is 2.26. The Morgan fingerprint density at radius 1 is 1.40 bits per heavy atom. The monoisotopic (exact) mass is 357 g/mol. The summed E-state index contributed by atoms with van der Waals surface area (Å²) in [5.74, 6) is -2.93. The highest BCUT2D eigenvalue weighted by molar-refractivity contribution is 5.69. The molecule has 0 aromatic carbocycles. The first kappa shape index (κ1) is 18.8. The number of hydrogen-bond donors (Lipinski definition) is 5. The van der Waals surface area contributed by atoms with Crippen molar-refractivity contribution in [3.8, 4) is 0 Å². The van der Waals surface area contributed by atoms with Gasteiger partial charge in [0.05, 0.1) is 19.1 Å². The van der Waals surface area contributed by atoms with E-state index in [-0.39, 0.29) is 18.4 Å². The number of nitrogens with one attached hydrogen (secondary N) is 2. The molecule has 25 heavy (non-hydrogen) atoms. The molecule has 1 aromatic rings. The molecule has 2 heterocycles. The van der Waals surface area contributed by atoms with Gasteiger partial charge in [-0.3, -0.25) is 29.3 Å². The Bertz CT molecular complexity index is 770. The molecule has 0 aliphatic carbocycles. The van der Waals surface area contributed by atoms with Gasteiger partial charge >= 0.3 is 17.6 Å². The molecule has 1 aliphatic heterocycles. The second-order valence-electron chi connectivity index (χ2n) is 5.86. The molecule has 0 spiro atoms. The predicted molar refractivity (Wildman–Crippen MR) is 82.0 cm³/mol. The molecular formula is C14H19N3O8. The van der Waals surface area contributed by atoms with Crippen molar-refractivity contribution in [1.29, 1.82) is 0 Å². The molecule has 4 atom stereocenters. The number of carbonyl (C=O) groups is 2. The van der Waals surface area contributed by atoms with Gasteiger partial charge in [-0.15, -0.1) is 0 Å². The number of nitrogens with zero attached hydrogens (tertiary/aromatic N) is 1. The fraction of sp³-hybridized carbons (Fsp3) is 0.571. The number of aliphatic hydroxyl groups excluding tert-OH is 1. The molecule has 5 N–H and O–H groups in total. The quantitative estimate of drug-likeness (QED) is 0.354. The lowest BCUT2D eigenvalue weighted by atomic mass is 9.98. The SMILES string of the molecule is Cc1cn([C@@H]2O[C@H](C(O)NCC(=O)O)CC2CC(=O)O)c(=O)[nH]c1=O. The number of aliphatic hydroxyl groups is 1. The lowest BCUT2D eigenvalue weighted by Gasteiger charge is -2.21. The van der Waals surface area contributed by atoms with Gasteiger partial charge in [-0.1, -0.05) is 0 Å². The Morgan fingerprint density at radius 2 is 2.08 bits per heavy atom. The van der Waals surface area contributed by atoms with Crippen LogP contribution in [-0.2, 0) is 14.3 Å². The summed E-state index contributed by atoms with van der Waals surface area (Å²) >= 11 is 0. The molecule has 0 saturated carbocycles. The number of rotatable bonds is 7. The maximum absolute atomic E-state index is 12.0. The van der Waals surface area contributed by atoms with Crippen LogP contribution in [0.2, 0.25) is 0 Å². The molecule has 1 fully saturated rings. The van der Waals surface area contributed by atoms with Crippen molar-refractivity contribution in [3.63, 3.8) is 0 Å². The zero-order chi connectivity index (χ0) is 18.7. The smallest absolute Gasteiger partial charge is 0.330 e. The molecule has 0 amide bonds. The topological polar surface area (TPSA) is 171 Å². The van der Waals surface area contributed by atoms with Gasteiger partial charge in [-0.2, -0.15) is 0 Å². The summed E-state index contributed by atoms with van der Waals surface area (Å²) in [6.45, 7) is 0.976. The number of carboxylic acids is 2. The largest absolute Gasteiger partial charge is 0.481 e. The van der Waals surface area contributed by atoms with Gasteiger partial charge in [0.15, 0.2) is 0 Å². The molecule has 1 saturated heterocycles. The third kappa shape index (κ3) is 4.53. The van der Waals surface area contributed by atoms with Gasteiger partial charge in [0, 0.05) is 17.7 Å². The number of aryl methyl sites for hydroxylation is 1. The van der Waals surface area contributed by atoms with Gasteiger partial charge < -0.3 is 20.1 Å². The average Bonchev–Trinajstić information content (AvgIpc) is 2.91. The van der Waals surface area contributed by atoms with Crippen LogP contribution in [0.25, 0.3) is 0 Å². The number of carboxylic acid groups (broad SMARTS) is 2. The minimum absolute atomic E-state index is 0.0926. The first-order chi connectivity index (χ1) is 11.7. The van der Waals surface area contributed by atoms with Crippen molar-refractivity contribution >= 4 is 11.9 Å². The van der Waals surface area contributed by atoms with Crippen molar-refractivity contribution < 1.29 is 29.6 Å². The molecule has 2 unspecified atom stereocenters. The molecule has 11 heteroatoms. The van der Waals surface area contributed by atoms with Crippen molar-refractivity contribution in [2.75, 3.05) is 6.54 Å². The van der Waals surface area contributed by atoms with Crippen LogP contribution in [0.5, 0.6) is 0 Å². The molecule has 0 bridgehead atoms. The third-order valence-electron chi connectivity index (χ3n) is 3.92. The van der Waals surface area contributed by atoms with Crippen LogP contribution in [0.15, 0.2) is 15.8 Å². The standard InChI is InChI=1S/C14H19N3O8/c1-6-5-17(14(24)16-11(6)22)13-7(3-9(18)19)2-8(25-13)12(23)15-4-10(20)21/h5,7-8,12-13,15,23H,2-4H2,1H3,(H,18,19)(H,20,21)(H,16,22,24)/t7?,8-,12?,13+/m0/s1. The second kappa shape index (κ2) is 7.59. The summed E-state index contributed by atoms with van der Waals surface area (Å²) in [6.07, 6.45) is -2.23. The van der Waals surface area contributed by atoms with E-state index >= 15 is 0 Å². The van der Waals surface area contributed by atoms with Crippen molar-refractivity contribution in [1.82, 2.24) is 14.9 Å². The first-order valence-corrected chi connectivity index (χ1v) is 7.51. The second-order valence-corrected chi connectivity index (χ2v) is 5.86. The molecular weight excluding hydrogens is 338 g/mol. The van der Waals surface area contributed by atoms with E-state index in [4.69, 9.17) is 14.9 Å². The van der Waals surface area contributed by atoms with Gasteiger partial charge in [-0.05, 0) is 13.3 Å². The van der Waals surface area contributed by atoms with E-state index in [2.05, 4.69) is 10.3 Å². The number of ether oxygens (including phenoxy) is 1. The van der Waals surface area contributed by atoms with E-state index in [0.29, 0.717) is 0 Å². The summed E-state index contributed by atoms with van der Waals surface area (Å²) in [5, 5.41) is 30.0. The summed E-state index contributed by atoms with van der Waals surface area (Å²) < 4.78 is 6.68. The van der Waals surface area contributed by atoms with E-state index in [1.165, 1.54) is 13.1 Å². The maximum atomic E-state index is 12.0. The molecule has 11 nitrogen and oxygen atoms in total. The number of aliphatic carboxylic acids is 2. The van der Waals surface area contributed by atoms with E-state index in [1.807, 2.05) is 0 Å². The minimum atomic E-state index is -1.35. The number of hydrogen-bond acceptors (Lipinski definition) is 7. The minimum Gasteiger partial charge on any atom is -0.481 e. The fourth-order valence-electron chi connectivity index (χ4n) is 2.76. The van der Waals surface area contributed by atoms with E-state index < -0.39 is 54.2 Å². The Morgan fingerprint density at radius 3 is 2.68 bits per heavy atom. The Labute approximate surface area is 140 Å². The Hall–Kier alpha value is -2.50. The van der Waals surface area contributed by atoms with E-state index in [9.17, 15) is 24.3 Å². The normalized spacial score (nSPS) is 24.2. The molecule has 0 radical (unpaired) electrons. The molecule has 1 aromatic heterocycles. The van der Waals surface area contributed by atoms with Crippen LogP contribution in [0.1, 0.15) is 24.6 Å². The summed E-state index contributed by atoms with van der Waals surface area (Å²) in [5.41, 5.74) is -1.08. The van der Waals surface area contributed by atoms with Gasteiger partial charge in [0.1, 0.15) is 12.5 Å². The molecule has 1 aliphatic rings. The van der Waals surface area contributed by atoms with Crippen LogP contribution in [0.4, 0.5) is 0 Å². The molecule has 138 valence electrons. The maximum Gasteiger partial charge on any atom is 0.330 e. The first-order valence-electron chi connectivity index (χ1n) is 7.51. The van der Waals surface area contributed by atoms with Crippen molar-refractivity contribution in [2.24, 2.45) is 5.92 Å². The Kier molecular flexibility index (Phi) is 5.72. The third-order valence-corrected chi connectivity index (χ3v) is 3.92. The van der Waals surface area contributed by atoms with Crippen LogP contribution in [-0.4, -0.2) is 55.7 Å². The molecule has 2 rings (SSSR count). The highest BCUT2D eigenvalue weighted by atomic mass is 16.5. The highest BCUT2D eigenvalue weighted by Crippen LogP contribution is 2.36. The van der Waals surface area contributed by atoms with Crippen molar-refractivity contribution in [3.05, 3.63) is 32.6 Å². The van der Waals surface area contributed by atoms with Crippen LogP contribution >= 0.6 is 0 Å². The zero-order valence-corrected chi connectivity index (χ0v) is 13.3. The van der Waals surface area contributed by atoms with Crippen LogP contribution in [0, 0.1) is 12.8 Å².